The third-order valence-corrected chi connectivity index (χ3v) is 4.55. The number of aryl methyl sites for hydroxylation is 2. The van der Waals surface area contributed by atoms with Gasteiger partial charge in [0, 0.05) is 17.1 Å². The molecule has 1 aliphatic carbocycles. The molecule has 0 aromatic heterocycles. The molecule has 0 bridgehead atoms. The summed E-state index contributed by atoms with van der Waals surface area (Å²) in [6.07, 6.45) is 2.05. The molecule has 1 N–H and O–H groups in total. The highest BCUT2D eigenvalue weighted by molar-refractivity contribution is 6.10. The van der Waals surface area contributed by atoms with Crippen molar-refractivity contribution in [1.29, 1.82) is 0 Å². The van der Waals surface area contributed by atoms with Gasteiger partial charge in [0.25, 0.3) is 5.91 Å². The second-order valence-corrected chi connectivity index (χ2v) is 5.91. The van der Waals surface area contributed by atoms with Gasteiger partial charge in [0.2, 0.25) is 0 Å². The number of ether oxygens (including phenoxy) is 1. The largest absolute Gasteiger partial charge is 0.497 e. The van der Waals surface area contributed by atoms with Crippen LogP contribution in [0.15, 0.2) is 48.5 Å². The molecule has 4 rings (SSSR count). The van der Waals surface area contributed by atoms with Gasteiger partial charge in [-0.05, 0) is 47.6 Å². The Kier molecular flexibility index (Phi) is 3.45. The second kappa shape index (κ2) is 5.64. The molecule has 3 aromatic carbocycles. The standard InChI is InChI=1S/C20H16FNO2/c1-24-14-8-9-15(17(21)11-14)20(23)22-18-10-7-13-6-5-12-3-2-4-16(18)19(12)13/h2-4,7-11H,5-6H2,1H3,(H,22,23). The average Bonchev–Trinajstić information content (AvgIpc) is 3.02. The molecule has 4 heteroatoms. The third kappa shape index (κ3) is 2.31. The first kappa shape index (κ1) is 14.7. The minimum absolute atomic E-state index is 0.000877. The lowest BCUT2D eigenvalue weighted by molar-refractivity contribution is 0.102. The summed E-state index contributed by atoms with van der Waals surface area (Å²) in [7, 11) is 1.46. The Balaban J connectivity index is 1.71. The molecule has 1 aliphatic rings. The number of halogens is 1. The van der Waals surface area contributed by atoms with Crippen LogP contribution in [0.5, 0.6) is 5.75 Å². The van der Waals surface area contributed by atoms with Crippen LogP contribution in [0.4, 0.5) is 10.1 Å². The monoisotopic (exact) mass is 321 g/mol. The number of anilines is 1. The van der Waals surface area contributed by atoms with Crippen molar-refractivity contribution >= 4 is 22.4 Å². The van der Waals surface area contributed by atoms with Gasteiger partial charge in [0.1, 0.15) is 11.6 Å². The maximum absolute atomic E-state index is 14.1. The van der Waals surface area contributed by atoms with Gasteiger partial charge in [-0.25, -0.2) is 4.39 Å². The molecule has 0 spiro atoms. The van der Waals surface area contributed by atoms with Crippen molar-refractivity contribution < 1.29 is 13.9 Å². The van der Waals surface area contributed by atoms with Crippen LogP contribution in [0.25, 0.3) is 10.8 Å². The van der Waals surface area contributed by atoms with Crippen LogP contribution in [0.3, 0.4) is 0 Å². The quantitative estimate of drug-likeness (QED) is 0.779. The lowest BCUT2D eigenvalue weighted by atomic mass is 10.0. The minimum atomic E-state index is -0.599. The van der Waals surface area contributed by atoms with Gasteiger partial charge in [-0.2, -0.15) is 0 Å². The van der Waals surface area contributed by atoms with E-state index in [0.29, 0.717) is 11.4 Å². The van der Waals surface area contributed by atoms with E-state index in [2.05, 4.69) is 11.4 Å². The fraction of sp³-hybridized carbons (Fsp3) is 0.150. The van der Waals surface area contributed by atoms with Crippen LogP contribution in [0.1, 0.15) is 21.5 Å². The summed E-state index contributed by atoms with van der Waals surface area (Å²) in [5.74, 6) is -0.680. The highest BCUT2D eigenvalue weighted by atomic mass is 19.1. The minimum Gasteiger partial charge on any atom is -0.497 e. The summed E-state index contributed by atoms with van der Waals surface area (Å²) in [6.45, 7) is 0. The summed E-state index contributed by atoms with van der Waals surface area (Å²) in [5.41, 5.74) is 3.31. The van der Waals surface area contributed by atoms with Crippen molar-refractivity contribution in [3.05, 3.63) is 71.0 Å². The number of amides is 1. The lowest BCUT2D eigenvalue weighted by Gasteiger charge is -2.11. The van der Waals surface area contributed by atoms with E-state index in [0.717, 1.165) is 18.2 Å². The zero-order chi connectivity index (χ0) is 16.7. The lowest BCUT2D eigenvalue weighted by Crippen LogP contribution is -2.14. The maximum Gasteiger partial charge on any atom is 0.258 e. The first-order chi connectivity index (χ1) is 11.7. The van der Waals surface area contributed by atoms with Crippen molar-refractivity contribution in [2.75, 3.05) is 12.4 Å². The fourth-order valence-electron chi connectivity index (χ4n) is 3.35. The van der Waals surface area contributed by atoms with Crippen LogP contribution in [0, 0.1) is 5.82 Å². The number of carbonyl (C=O) groups excluding carboxylic acids is 1. The highest BCUT2D eigenvalue weighted by Crippen LogP contribution is 2.35. The zero-order valence-electron chi connectivity index (χ0n) is 13.2. The van der Waals surface area contributed by atoms with Crippen molar-refractivity contribution in [3.63, 3.8) is 0 Å². The number of hydrogen-bond donors (Lipinski definition) is 1. The van der Waals surface area contributed by atoms with E-state index in [4.69, 9.17) is 4.74 Å². The maximum atomic E-state index is 14.1. The van der Waals surface area contributed by atoms with E-state index >= 15 is 0 Å². The van der Waals surface area contributed by atoms with Crippen LogP contribution in [-0.4, -0.2) is 13.0 Å². The van der Waals surface area contributed by atoms with Gasteiger partial charge in [0.05, 0.1) is 12.7 Å². The van der Waals surface area contributed by atoms with Crippen LogP contribution in [-0.2, 0) is 12.8 Å². The summed E-state index contributed by atoms with van der Waals surface area (Å²) in [5, 5.41) is 5.06. The molecule has 0 atom stereocenters. The number of methoxy groups -OCH3 is 1. The first-order valence-corrected chi connectivity index (χ1v) is 7.86. The Hall–Kier alpha value is -2.88. The highest BCUT2D eigenvalue weighted by Gasteiger charge is 2.18. The van der Waals surface area contributed by atoms with E-state index in [-0.39, 0.29) is 5.56 Å². The molecule has 0 saturated heterocycles. The van der Waals surface area contributed by atoms with E-state index in [1.165, 1.54) is 35.8 Å². The Morgan fingerprint density at radius 3 is 2.62 bits per heavy atom. The van der Waals surface area contributed by atoms with E-state index in [9.17, 15) is 9.18 Å². The molecule has 0 unspecified atom stereocenters. The van der Waals surface area contributed by atoms with Crippen molar-refractivity contribution in [3.8, 4) is 5.75 Å². The molecule has 0 radical (unpaired) electrons. The summed E-state index contributed by atoms with van der Waals surface area (Å²) < 4.78 is 19.1. The van der Waals surface area contributed by atoms with Crippen LogP contribution >= 0.6 is 0 Å². The zero-order valence-corrected chi connectivity index (χ0v) is 13.2. The predicted octanol–water partition coefficient (Wildman–Crippen LogP) is 4.34. The van der Waals surface area contributed by atoms with Gasteiger partial charge in [-0.3, -0.25) is 4.79 Å². The van der Waals surface area contributed by atoms with Gasteiger partial charge in [-0.15, -0.1) is 0 Å². The molecular formula is C20H16FNO2. The Labute approximate surface area is 139 Å². The van der Waals surface area contributed by atoms with Crippen LogP contribution < -0.4 is 10.1 Å². The van der Waals surface area contributed by atoms with Gasteiger partial charge in [0.15, 0.2) is 0 Å². The Morgan fingerprint density at radius 2 is 1.88 bits per heavy atom. The fourth-order valence-corrected chi connectivity index (χ4v) is 3.35. The topological polar surface area (TPSA) is 38.3 Å². The molecule has 0 heterocycles. The number of benzene rings is 3. The number of carbonyl (C=O) groups is 1. The number of nitrogens with one attached hydrogen (secondary N) is 1. The summed E-state index contributed by atoms with van der Waals surface area (Å²) in [6, 6.07) is 14.3. The van der Waals surface area contributed by atoms with Crippen LogP contribution in [0.2, 0.25) is 0 Å². The van der Waals surface area contributed by atoms with Gasteiger partial charge in [-0.1, -0.05) is 24.3 Å². The molecule has 120 valence electrons. The smallest absolute Gasteiger partial charge is 0.258 e. The number of rotatable bonds is 3. The SMILES string of the molecule is COc1ccc(C(=O)Nc2ccc3c4c(cccc24)CC3)c(F)c1. The van der Waals surface area contributed by atoms with E-state index < -0.39 is 11.7 Å². The third-order valence-electron chi connectivity index (χ3n) is 4.55. The first-order valence-electron chi connectivity index (χ1n) is 7.86. The predicted molar refractivity (Wildman–Crippen MR) is 92.3 cm³/mol. The number of hydrogen-bond acceptors (Lipinski definition) is 2. The summed E-state index contributed by atoms with van der Waals surface area (Å²) in [4.78, 5) is 12.5. The molecule has 3 nitrogen and oxygen atoms in total. The van der Waals surface area contributed by atoms with Crippen molar-refractivity contribution in [2.45, 2.75) is 12.8 Å². The molecule has 0 aliphatic heterocycles. The average molecular weight is 321 g/mol. The molecule has 0 fully saturated rings. The van der Waals surface area contributed by atoms with Crippen molar-refractivity contribution in [1.82, 2.24) is 0 Å². The van der Waals surface area contributed by atoms with E-state index in [1.807, 2.05) is 24.3 Å². The van der Waals surface area contributed by atoms with Gasteiger partial charge >= 0.3 is 0 Å². The van der Waals surface area contributed by atoms with E-state index in [1.54, 1.807) is 6.07 Å². The summed E-state index contributed by atoms with van der Waals surface area (Å²) >= 11 is 0. The molecular weight excluding hydrogens is 305 g/mol. The Morgan fingerprint density at radius 1 is 1.08 bits per heavy atom. The molecule has 3 aromatic rings. The van der Waals surface area contributed by atoms with Gasteiger partial charge < -0.3 is 10.1 Å². The molecule has 1 amide bonds. The molecule has 0 saturated carbocycles. The second-order valence-electron chi connectivity index (χ2n) is 5.91. The molecule has 24 heavy (non-hydrogen) atoms. The van der Waals surface area contributed by atoms with Crippen molar-refractivity contribution in [2.24, 2.45) is 0 Å². The Bertz CT molecular complexity index is 955. The normalized spacial score (nSPS) is 12.4.